The number of aryl methyl sites for hydroxylation is 2. The second kappa shape index (κ2) is 15.1. The van der Waals surface area contributed by atoms with Crippen LogP contribution < -0.4 is 4.90 Å². The Hall–Kier alpha value is -5.57. The van der Waals surface area contributed by atoms with Crippen molar-refractivity contribution >= 4 is 56.5 Å². The molecular formula is C42H39ClN2O6. The third kappa shape index (κ3) is 7.48. The molecule has 0 bridgehead atoms. The average Bonchev–Trinajstić information content (AvgIpc) is 3.26. The third-order valence-electron chi connectivity index (χ3n) is 9.34. The van der Waals surface area contributed by atoms with Crippen molar-refractivity contribution in [2.45, 2.75) is 25.7 Å². The fraction of sp³-hybridized carbons (Fsp3) is 0.190. The van der Waals surface area contributed by atoms with Crippen molar-refractivity contribution in [3.8, 4) is 11.5 Å². The number of carboxylic acids is 2. The van der Waals surface area contributed by atoms with Gasteiger partial charge in [-0.05, 0) is 103 Å². The molecule has 7 rings (SSSR count). The predicted octanol–water partition coefficient (Wildman–Crippen LogP) is 8.92. The number of rotatable bonds is 8. The Labute approximate surface area is 301 Å². The molecule has 0 saturated carbocycles. The van der Waals surface area contributed by atoms with Crippen molar-refractivity contribution in [3.63, 3.8) is 0 Å². The summed E-state index contributed by atoms with van der Waals surface area (Å²) in [6.45, 7) is 2.11. The van der Waals surface area contributed by atoms with E-state index in [9.17, 15) is 30.0 Å². The Bertz CT molecular complexity index is 2170. The Morgan fingerprint density at radius 2 is 1.20 bits per heavy atom. The molecule has 0 saturated heterocycles. The normalized spacial score (nSPS) is 12.2. The molecule has 0 radical (unpaired) electrons. The highest BCUT2D eigenvalue weighted by molar-refractivity contribution is 6.31. The second-order valence-electron chi connectivity index (χ2n) is 12.9. The van der Waals surface area contributed by atoms with Crippen LogP contribution in [0.15, 0.2) is 103 Å². The van der Waals surface area contributed by atoms with Crippen molar-refractivity contribution in [2.75, 3.05) is 32.1 Å². The topological polar surface area (TPSA) is 122 Å². The van der Waals surface area contributed by atoms with Crippen LogP contribution in [-0.2, 0) is 19.3 Å². The van der Waals surface area contributed by atoms with Gasteiger partial charge in [-0.1, -0.05) is 84.4 Å². The SMILES string of the molecule is CN(C)CCCN1c2ccccc2CCc2ccc(Cl)cc21.O=C(O)c1cc2ccccc2c(Cc2c(O)c(C(=O)O)cc3ccccc23)c1O. The number of hydrogen-bond donors (Lipinski definition) is 4. The van der Waals surface area contributed by atoms with Gasteiger partial charge in [-0.2, -0.15) is 0 Å². The average molecular weight is 703 g/mol. The summed E-state index contributed by atoms with van der Waals surface area (Å²) in [7, 11) is 4.25. The van der Waals surface area contributed by atoms with Gasteiger partial charge in [-0.25, -0.2) is 9.59 Å². The summed E-state index contributed by atoms with van der Waals surface area (Å²) in [6, 6.07) is 31.8. The summed E-state index contributed by atoms with van der Waals surface area (Å²) in [5.41, 5.74) is 5.55. The summed E-state index contributed by atoms with van der Waals surface area (Å²) in [6.07, 6.45) is 3.26. The lowest BCUT2D eigenvalue weighted by molar-refractivity contribution is 0.0682. The van der Waals surface area contributed by atoms with Crippen LogP contribution in [0.3, 0.4) is 0 Å². The molecule has 6 aromatic rings. The molecule has 0 aliphatic carbocycles. The zero-order valence-electron chi connectivity index (χ0n) is 28.4. The Morgan fingerprint density at radius 3 is 1.75 bits per heavy atom. The maximum Gasteiger partial charge on any atom is 0.339 e. The number of carbonyl (C=O) groups is 2. The summed E-state index contributed by atoms with van der Waals surface area (Å²) >= 11 is 6.27. The van der Waals surface area contributed by atoms with Gasteiger partial charge in [0.25, 0.3) is 0 Å². The monoisotopic (exact) mass is 702 g/mol. The number of fused-ring (bicyclic) bond motifs is 4. The largest absolute Gasteiger partial charge is 0.507 e. The van der Waals surface area contributed by atoms with E-state index >= 15 is 0 Å². The van der Waals surface area contributed by atoms with E-state index in [1.54, 1.807) is 48.5 Å². The third-order valence-corrected chi connectivity index (χ3v) is 9.57. The lowest BCUT2D eigenvalue weighted by Crippen LogP contribution is -2.24. The van der Waals surface area contributed by atoms with E-state index in [1.165, 1.54) is 34.6 Å². The van der Waals surface area contributed by atoms with Crippen LogP contribution in [-0.4, -0.2) is 64.4 Å². The zero-order chi connectivity index (χ0) is 36.2. The van der Waals surface area contributed by atoms with Gasteiger partial charge in [0.1, 0.15) is 22.6 Å². The number of aromatic hydroxyl groups is 2. The highest BCUT2D eigenvalue weighted by atomic mass is 35.5. The Balaban J connectivity index is 0.000000183. The molecule has 6 aromatic carbocycles. The van der Waals surface area contributed by atoms with Gasteiger partial charge in [-0.15, -0.1) is 0 Å². The molecule has 1 aliphatic rings. The minimum Gasteiger partial charge on any atom is -0.507 e. The van der Waals surface area contributed by atoms with Crippen LogP contribution in [0.4, 0.5) is 11.4 Å². The predicted molar refractivity (Wildman–Crippen MR) is 203 cm³/mol. The first-order valence-corrected chi connectivity index (χ1v) is 17.1. The molecule has 1 aliphatic heterocycles. The second-order valence-corrected chi connectivity index (χ2v) is 13.4. The molecule has 260 valence electrons. The fourth-order valence-electron chi connectivity index (χ4n) is 6.85. The van der Waals surface area contributed by atoms with Crippen LogP contribution in [0, 0.1) is 0 Å². The van der Waals surface area contributed by atoms with Gasteiger partial charge in [0.05, 0.1) is 0 Å². The van der Waals surface area contributed by atoms with Crippen molar-refractivity contribution in [3.05, 3.63) is 142 Å². The quantitative estimate of drug-likeness (QED) is 0.124. The van der Waals surface area contributed by atoms with E-state index < -0.39 is 23.4 Å². The van der Waals surface area contributed by atoms with E-state index in [0.29, 0.717) is 32.7 Å². The van der Waals surface area contributed by atoms with Gasteiger partial charge < -0.3 is 30.2 Å². The highest BCUT2D eigenvalue weighted by Gasteiger charge is 2.23. The van der Waals surface area contributed by atoms with E-state index in [1.807, 2.05) is 6.07 Å². The lowest BCUT2D eigenvalue weighted by atomic mass is 9.90. The van der Waals surface area contributed by atoms with E-state index in [2.05, 4.69) is 60.3 Å². The summed E-state index contributed by atoms with van der Waals surface area (Å²) in [4.78, 5) is 27.9. The first kappa shape index (κ1) is 35.3. The Morgan fingerprint density at radius 1 is 0.686 bits per heavy atom. The van der Waals surface area contributed by atoms with Crippen molar-refractivity contribution in [1.82, 2.24) is 4.90 Å². The van der Waals surface area contributed by atoms with Crippen LogP contribution in [0.25, 0.3) is 21.5 Å². The van der Waals surface area contributed by atoms with E-state index in [4.69, 9.17) is 11.6 Å². The molecule has 0 atom stereocenters. The van der Waals surface area contributed by atoms with Crippen molar-refractivity contribution < 1.29 is 30.0 Å². The molecule has 1 heterocycles. The molecule has 0 amide bonds. The molecule has 4 N–H and O–H groups in total. The lowest BCUT2D eigenvalue weighted by Gasteiger charge is -2.27. The number of aromatic carboxylic acids is 2. The molecule has 0 unspecified atom stereocenters. The van der Waals surface area contributed by atoms with Gasteiger partial charge in [0, 0.05) is 40.5 Å². The van der Waals surface area contributed by atoms with Gasteiger partial charge >= 0.3 is 11.9 Å². The first-order chi connectivity index (χ1) is 24.5. The number of para-hydroxylation sites is 1. The van der Waals surface area contributed by atoms with Gasteiger partial charge in [0.15, 0.2) is 0 Å². The maximum atomic E-state index is 11.6. The first-order valence-electron chi connectivity index (χ1n) is 16.8. The van der Waals surface area contributed by atoms with Crippen LogP contribution in [0.2, 0.25) is 5.02 Å². The number of nitrogens with zero attached hydrogens (tertiary/aromatic N) is 2. The standard InChI is InChI=1S/C23H16O6.C19H23ClN2/c24-20-16(14-7-3-1-5-12(14)9-18(20)22(26)27)11-17-15-8-4-2-6-13(15)10-19(21(17)25)23(28)29;1-21(2)12-5-13-22-18-7-4-3-6-15(18)8-9-16-10-11-17(20)14-19(16)22/h1-10,24-25H,11H2,(H,26,27)(H,28,29);3-4,6-7,10-11,14H,5,8-9,12-13H2,1-2H3. The summed E-state index contributed by atoms with van der Waals surface area (Å²) < 4.78 is 0. The number of halogens is 1. The maximum absolute atomic E-state index is 11.6. The van der Waals surface area contributed by atoms with Crippen molar-refractivity contribution in [2.24, 2.45) is 0 Å². The number of benzene rings is 6. The van der Waals surface area contributed by atoms with E-state index in [0.717, 1.165) is 37.4 Å². The molecule has 0 aromatic heterocycles. The molecular weight excluding hydrogens is 664 g/mol. The number of hydrogen-bond acceptors (Lipinski definition) is 6. The molecule has 8 nitrogen and oxygen atoms in total. The minimum atomic E-state index is -1.28. The zero-order valence-corrected chi connectivity index (χ0v) is 29.2. The highest BCUT2D eigenvalue weighted by Crippen LogP contribution is 2.40. The minimum absolute atomic E-state index is 0.0407. The van der Waals surface area contributed by atoms with E-state index in [-0.39, 0.29) is 17.5 Å². The Kier molecular flexibility index (Phi) is 10.5. The summed E-state index contributed by atoms with van der Waals surface area (Å²) in [5, 5.41) is 43.6. The fourth-order valence-corrected chi connectivity index (χ4v) is 7.02. The molecule has 0 fully saturated rings. The molecule has 51 heavy (non-hydrogen) atoms. The number of anilines is 2. The van der Waals surface area contributed by atoms with Crippen molar-refractivity contribution in [1.29, 1.82) is 0 Å². The molecule has 9 heteroatoms. The van der Waals surface area contributed by atoms with Crippen LogP contribution in [0.5, 0.6) is 11.5 Å². The number of carboxylic acid groups (broad SMARTS) is 2. The summed E-state index contributed by atoms with van der Waals surface area (Å²) in [5.74, 6) is -3.36. The van der Waals surface area contributed by atoms with Crippen LogP contribution >= 0.6 is 11.6 Å². The number of phenols is 2. The molecule has 0 spiro atoms. The van der Waals surface area contributed by atoms with Gasteiger partial charge in [-0.3, -0.25) is 0 Å². The van der Waals surface area contributed by atoms with Gasteiger partial charge in [0.2, 0.25) is 0 Å². The smallest absolute Gasteiger partial charge is 0.339 e. The van der Waals surface area contributed by atoms with Crippen LogP contribution in [0.1, 0.15) is 49.4 Å².